The van der Waals surface area contributed by atoms with Crippen molar-refractivity contribution in [3.05, 3.63) is 70.5 Å². The van der Waals surface area contributed by atoms with Crippen molar-refractivity contribution in [1.29, 1.82) is 0 Å². The van der Waals surface area contributed by atoms with Crippen molar-refractivity contribution < 1.29 is 17.9 Å². The number of rotatable bonds is 7. The Bertz CT molecular complexity index is 1170. The Labute approximate surface area is 191 Å². The van der Waals surface area contributed by atoms with Gasteiger partial charge in [-0.15, -0.1) is 11.3 Å². The third-order valence-electron chi connectivity index (χ3n) is 5.25. The third-order valence-corrected chi connectivity index (χ3v) is 8.02. The highest BCUT2D eigenvalue weighted by molar-refractivity contribution is 7.89. The summed E-state index contributed by atoms with van der Waals surface area (Å²) in [4.78, 5) is 20.4. The summed E-state index contributed by atoms with van der Waals surface area (Å²) in [6.07, 6.45) is 1.64. The van der Waals surface area contributed by atoms with Gasteiger partial charge in [-0.1, -0.05) is 12.1 Å². The Balaban J connectivity index is 1.45. The molecular formula is C22H24N4O4S2. The topological polar surface area (TPSA) is 91.8 Å². The molecule has 2 aromatic heterocycles. The second-order valence-electron chi connectivity index (χ2n) is 7.21. The van der Waals surface area contributed by atoms with E-state index in [1.54, 1.807) is 47.9 Å². The number of anilines is 1. The number of thiophene rings is 1. The maximum absolute atomic E-state index is 13.0. The largest absolute Gasteiger partial charge is 0.497 e. The summed E-state index contributed by atoms with van der Waals surface area (Å²) in [6, 6.07) is 13.9. The molecule has 10 heteroatoms. The van der Waals surface area contributed by atoms with Gasteiger partial charge in [-0.05, 0) is 35.7 Å². The SMILES string of the molecule is COc1cccc(S(=O)(=O)N2CCN(c3ncccc3C(=O)NCc3cccs3)CC2)c1. The zero-order valence-corrected chi connectivity index (χ0v) is 19.2. The number of nitrogens with one attached hydrogen (secondary N) is 1. The number of piperazine rings is 1. The standard InChI is InChI=1S/C22H24N4O4S2/c1-30-17-5-2-7-19(15-17)32(28,29)26-12-10-25(11-13-26)21-20(8-3-9-23-21)22(27)24-16-18-6-4-14-31-18/h2-9,14-15H,10-13,16H2,1H3,(H,24,27). The minimum absolute atomic E-state index is 0.201. The molecule has 0 aliphatic carbocycles. The summed E-state index contributed by atoms with van der Waals surface area (Å²) in [6.45, 7) is 1.92. The first-order valence-corrected chi connectivity index (χ1v) is 12.5. The van der Waals surface area contributed by atoms with E-state index in [0.717, 1.165) is 4.88 Å². The second kappa shape index (κ2) is 9.68. The van der Waals surface area contributed by atoms with Crippen molar-refractivity contribution in [1.82, 2.24) is 14.6 Å². The molecule has 0 unspecified atom stereocenters. The van der Waals surface area contributed by atoms with Crippen LogP contribution in [-0.4, -0.2) is 56.9 Å². The van der Waals surface area contributed by atoms with Gasteiger partial charge in [0.25, 0.3) is 5.91 Å². The normalized spacial score (nSPS) is 14.8. The molecule has 1 amide bonds. The molecule has 32 heavy (non-hydrogen) atoms. The lowest BCUT2D eigenvalue weighted by molar-refractivity contribution is 0.0951. The van der Waals surface area contributed by atoms with E-state index < -0.39 is 10.0 Å². The van der Waals surface area contributed by atoms with Crippen molar-refractivity contribution in [2.75, 3.05) is 38.2 Å². The number of hydrogen-bond acceptors (Lipinski definition) is 7. The van der Waals surface area contributed by atoms with Gasteiger partial charge in [0.2, 0.25) is 10.0 Å². The average molecular weight is 473 g/mol. The van der Waals surface area contributed by atoms with Crippen LogP contribution in [0.4, 0.5) is 5.82 Å². The van der Waals surface area contributed by atoms with Crippen LogP contribution in [0.15, 0.2) is 65.0 Å². The number of amides is 1. The monoisotopic (exact) mass is 472 g/mol. The lowest BCUT2D eigenvalue weighted by atomic mass is 10.2. The van der Waals surface area contributed by atoms with Crippen LogP contribution in [0.2, 0.25) is 0 Å². The number of aromatic nitrogens is 1. The highest BCUT2D eigenvalue weighted by Gasteiger charge is 2.30. The van der Waals surface area contributed by atoms with Crippen LogP contribution in [0.25, 0.3) is 0 Å². The van der Waals surface area contributed by atoms with Gasteiger partial charge in [0, 0.05) is 43.3 Å². The van der Waals surface area contributed by atoms with E-state index in [4.69, 9.17) is 4.74 Å². The number of sulfonamides is 1. The summed E-state index contributed by atoms with van der Waals surface area (Å²) in [7, 11) is -2.13. The molecule has 0 saturated carbocycles. The van der Waals surface area contributed by atoms with Crippen molar-refractivity contribution in [2.24, 2.45) is 0 Å². The zero-order chi connectivity index (χ0) is 22.6. The summed E-state index contributed by atoms with van der Waals surface area (Å²) < 4.78 is 32.7. The number of carbonyl (C=O) groups excluding carboxylic acids is 1. The highest BCUT2D eigenvalue weighted by Crippen LogP contribution is 2.24. The zero-order valence-electron chi connectivity index (χ0n) is 17.6. The molecule has 0 bridgehead atoms. The van der Waals surface area contributed by atoms with Crippen molar-refractivity contribution in [2.45, 2.75) is 11.4 Å². The number of hydrogen-bond donors (Lipinski definition) is 1. The fourth-order valence-corrected chi connectivity index (χ4v) is 5.66. The van der Waals surface area contributed by atoms with Crippen LogP contribution in [0.1, 0.15) is 15.2 Å². The minimum atomic E-state index is -3.63. The van der Waals surface area contributed by atoms with Gasteiger partial charge < -0.3 is 15.0 Å². The first-order chi connectivity index (χ1) is 15.5. The number of methoxy groups -OCH3 is 1. The van der Waals surface area contributed by atoms with Crippen LogP contribution < -0.4 is 15.0 Å². The van der Waals surface area contributed by atoms with Gasteiger partial charge in [-0.25, -0.2) is 13.4 Å². The molecule has 1 aromatic carbocycles. The van der Waals surface area contributed by atoms with E-state index in [2.05, 4.69) is 10.3 Å². The van der Waals surface area contributed by atoms with Gasteiger partial charge in [-0.2, -0.15) is 4.31 Å². The van der Waals surface area contributed by atoms with E-state index in [9.17, 15) is 13.2 Å². The van der Waals surface area contributed by atoms with Crippen LogP contribution in [0, 0.1) is 0 Å². The van der Waals surface area contributed by atoms with Gasteiger partial charge in [0.05, 0.1) is 24.1 Å². The summed E-state index contributed by atoms with van der Waals surface area (Å²) in [5.74, 6) is 0.860. The van der Waals surface area contributed by atoms with Crippen molar-refractivity contribution in [3.8, 4) is 5.75 Å². The van der Waals surface area contributed by atoms with Crippen LogP contribution in [0.3, 0.4) is 0 Å². The maximum atomic E-state index is 13.0. The summed E-state index contributed by atoms with van der Waals surface area (Å²) >= 11 is 1.58. The highest BCUT2D eigenvalue weighted by atomic mass is 32.2. The molecule has 1 fully saturated rings. The molecule has 3 aromatic rings. The maximum Gasteiger partial charge on any atom is 0.255 e. The molecule has 168 valence electrons. The summed E-state index contributed by atoms with van der Waals surface area (Å²) in [5, 5.41) is 4.90. The molecule has 1 N–H and O–H groups in total. The fraction of sp³-hybridized carbons (Fsp3) is 0.273. The Morgan fingerprint density at radius 3 is 2.66 bits per heavy atom. The van der Waals surface area contributed by atoms with Gasteiger partial charge >= 0.3 is 0 Å². The molecule has 1 aliphatic rings. The van der Waals surface area contributed by atoms with E-state index in [0.29, 0.717) is 49.9 Å². The van der Waals surface area contributed by atoms with Crippen LogP contribution >= 0.6 is 11.3 Å². The number of carbonyl (C=O) groups is 1. The lowest BCUT2D eigenvalue weighted by Gasteiger charge is -2.35. The molecule has 0 spiro atoms. The summed E-state index contributed by atoms with van der Waals surface area (Å²) in [5.41, 5.74) is 0.480. The average Bonchev–Trinajstić information content (AvgIpc) is 3.36. The number of benzene rings is 1. The van der Waals surface area contributed by atoms with Gasteiger partial charge in [-0.3, -0.25) is 4.79 Å². The smallest absolute Gasteiger partial charge is 0.255 e. The number of ether oxygens (including phenoxy) is 1. The molecule has 0 radical (unpaired) electrons. The first-order valence-electron chi connectivity index (χ1n) is 10.1. The predicted octanol–water partition coefficient (Wildman–Crippen LogP) is 2.59. The fourth-order valence-electron chi connectivity index (χ4n) is 3.55. The predicted molar refractivity (Wildman–Crippen MR) is 124 cm³/mol. The molecular weight excluding hydrogens is 448 g/mol. The van der Waals surface area contributed by atoms with Gasteiger partial charge in [0.15, 0.2) is 0 Å². The third kappa shape index (κ3) is 4.77. The van der Waals surface area contributed by atoms with E-state index in [1.807, 2.05) is 22.4 Å². The Hall–Kier alpha value is -2.95. The van der Waals surface area contributed by atoms with E-state index in [-0.39, 0.29) is 10.8 Å². The number of pyridine rings is 1. The minimum Gasteiger partial charge on any atom is -0.497 e. The lowest BCUT2D eigenvalue weighted by Crippen LogP contribution is -2.49. The molecule has 0 atom stereocenters. The Kier molecular flexibility index (Phi) is 6.73. The number of nitrogens with zero attached hydrogens (tertiary/aromatic N) is 3. The molecule has 3 heterocycles. The Morgan fingerprint density at radius 2 is 1.94 bits per heavy atom. The van der Waals surface area contributed by atoms with E-state index in [1.165, 1.54) is 17.5 Å². The Morgan fingerprint density at radius 1 is 1.12 bits per heavy atom. The quantitative estimate of drug-likeness (QED) is 0.568. The van der Waals surface area contributed by atoms with Crippen molar-refractivity contribution in [3.63, 3.8) is 0 Å². The van der Waals surface area contributed by atoms with Gasteiger partial charge in [0.1, 0.15) is 11.6 Å². The second-order valence-corrected chi connectivity index (χ2v) is 10.2. The molecule has 1 saturated heterocycles. The van der Waals surface area contributed by atoms with Crippen LogP contribution in [-0.2, 0) is 16.6 Å². The van der Waals surface area contributed by atoms with Crippen LogP contribution in [0.5, 0.6) is 5.75 Å². The van der Waals surface area contributed by atoms with E-state index >= 15 is 0 Å². The van der Waals surface area contributed by atoms with Crippen molar-refractivity contribution >= 4 is 33.1 Å². The first kappa shape index (κ1) is 22.3. The molecule has 1 aliphatic heterocycles. The molecule has 4 rings (SSSR count). The molecule has 8 nitrogen and oxygen atoms in total.